The van der Waals surface area contributed by atoms with Crippen molar-refractivity contribution in [2.24, 2.45) is 5.41 Å². The van der Waals surface area contributed by atoms with Crippen LogP contribution in [0.15, 0.2) is 16.7 Å². The van der Waals surface area contributed by atoms with Gasteiger partial charge in [-0.15, -0.1) is 11.6 Å². The van der Waals surface area contributed by atoms with Gasteiger partial charge in [0, 0.05) is 12.7 Å². The maximum Gasteiger partial charge on any atom is 0.140 e. The van der Waals surface area contributed by atoms with Crippen LogP contribution in [0.4, 0.5) is 5.82 Å². The van der Waals surface area contributed by atoms with Gasteiger partial charge < -0.3 is 5.32 Å². The minimum Gasteiger partial charge on any atom is -0.368 e. The van der Waals surface area contributed by atoms with Crippen LogP contribution in [-0.4, -0.2) is 16.9 Å². The van der Waals surface area contributed by atoms with Crippen LogP contribution in [0.5, 0.6) is 0 Å². The fraction of sp³-hybridized carbons (Fsp3) is 0.615. The van der Waals surface area contributed by atoms with Crippen LogP contribution in [-0.2, 0) is 0 Å². The smallest absolute Gasteiger partial charge is 0.140 e. The molecule has 2 nitrogen and oxygen atoms in total. The summed E-state index contributed by atoms with van der Waals surface area (Å²) in [4.78, 5) is 4.29. The number of hydrogen-bond donors (Lipinski definition) is 1. The summed E-state index contributed by atoms with van der Waals surface area (Å²) in [6, 6.07) is 1.97. The monoisotopic (exact) mass is 318 g/mol. The lowest BCUT2D eigenvalue weighted by Crippen LogP contribution is -2.21. The van der Waals surface area contributed by atoms with E-state index in [9.17, 15) is 0 Å². The van der Waals surface area contributed by atoms with Crippen LogP contribution in [0.3, 0.4) is 0 Å². The van der Waals surface area contributed by atoms with Gasteiger partial charge in [-0.25, -0.2) is 4.98 Å². The summed E-state index contributed by atoms with van der Waals surface area (Å²) in [5, 5.41) is 3.40. The molecule has 0 aliphatic heterocycles. The minimum atomic E-state index is 0.115. The van der Waals surface area contributed by atoms with Gasteiger partial charge in [-0.3, -0.25) is 0 Å². The standard InChI is InChI=1S/C13H20BrClN2/c1-9-5-6-16-12(11(9)14)17-8-10(15)7-13(2,3)4/h5-6,10H,7-8H2,1-4H3,(H,16,17). The minimum absolute atomic E-state index is 0.115. The maximum atomic E-state index is 6.30. The number of aromatic nitrogens is 1. The molecule has 1 heterocycles. The van der Waals surface area contributed by atoms with Gasteiger partial charge in [0.2, 0.25) is 0 Å². The summed E-state index contributed by atoms with van der Waals surface area (Å²) in [5.74, 6) is 0.865. The average Bonchev–Trinajstić information content (AvgIpc) is 2.18. The van der Waals surface area contributed by atoms with Crippen molar-refractivity contribution < 1.29 is 0 Å². The molecule has 0 saturated heterocycles. The van der Waals surface area contributed by atoms with Crippen LogP contribution in [0.1, 0.15) is 32.8 Å². The molecule has 1 rings (SSSR count). The normalized spacial score (nSPS) is 13.5. The highest BCUT2D eigenvalue weighted by atomic mass is 79.9. The van der Waals surface area contributed by atoms with E-state index in [1.54, 1.807) is 6.20 Å². The van der Waals surface area contributed by atoms with E-state index in [0.29, 0.717) is 0 Å². The first-order valence-electron chi connectivity index (χ1n) is 5.78. The molecule has 0 spiro atoms. The van der Waals surface area contributed by atoms with Crippen molar-refractivity contribution in [2.45, 2.75) is 39.5 Å². The zero-order valence-electron chi connectivity index (χ0n) is 10.8. The number of nitrogens with one attached hydrogen (secondary N) is 1. The topological polar surface area (TPSA) is 24.9 Å². The number of rotatable bonds is 4. The molecule has 0 aliphatic rings. The Hall–Kier alpha value is -0.280. The van der Waals surface area contributed by atoms with E-state index < -0.39 is 0 Å². The lowest BCUT2D eigenvalue weighted by Gasteiger charge is -2.22. The number of anilines is 1. The molecule has 17 heavy (non-hydrogen) atoms. The van der Waals surface area contributed by atoms with Crippen molar-refractivity contribution in [2.75, 3.05) is 11.9 Å². The Bertz CT molecular complexity index is 374. The number of halogens is 2. The third-order valence-electron chi connectivity index (χ3n) is 2.41. The first-order valence-corrected chi connectivity index (χ1v) is 7.01. The van der Waals surface area contributed by atoms with Crippen LogP contribution < -0.4 is 5.32 Å². The largest absolute Gasteiger partial charge is 0.368 e. The van der Waals surface area contributed by atoms with Gasteiger partial charge in [0.05, 0.1) is 9.85 Å². The lowest BCUT2D eigenvalue weighted by molar-refractivity contribution is 0.373. The van der Waals surface area contributed by atoms with Crippen molar-refractivity contribution in [3.05, 3.63) is 22.3 Å². The quantitative estimate of drug-likeness (QED) is 0.820. The van der Waals surface area contributed by atoms with E-state index in [4.69, 9.17) is 11.6 Å². The fourth-order valence-corrected chi connectivity index (χ4v) is 2.52. The predicted octanol–water partition coefficient (Wildman–Crippen LogP) is 4.61. The molecule has 1 N–H and O–H groups in total. The summed E-state index contributed by atoms with van der Waals surface area (Å²) in [5.41, 5.74) is 1.43. The molecular weight excluding hydrogens is 300 g/mol. The SMILES string of the molecule is Cc1ccnc(NCC(Cl)CC(C)(C)C)c1Br. The predicted molar refractivity (Wildman–Crippen MR) is 78.9 cm³/mol. The van der Waals surface area contributed by atoms with Crippen LogP contribution in [0, 0.1) is 12.3 Å². The number of hydrogen-bond acceptors (Lipinski definition) is 2. The Morgan fingerprint density at radius 1 is 1.47 bits per heavy atom. The molecule has 0 fully saturated rings. The first-order chi connectivity index (χ1) is 7.79. The van der Waals surface area contributed by atoms with E-state index in [1.165, 1.54) is 5.56 Å². The van der Waals surface area contributed by atoms with E-state index in [0.717, 1.165) is 23.3 Å². The van der Waals surface area contributed by atoms with Gasteiger partial charge in [0.25, 0.3) is 0 Å². The Kier molecular flexibility index (Phi) is 5.26. The molecule has 0 aliphatic carbocycles. The van der Waals surface area contributed by atoms with Crippen LogP contribution in [0.2, 0.25) is 0 Å². The number of nitrogens with zero attached hydrogens (tertiary/aromatic N) is 1. The molecule has 0 bridgehead atoms. The van der Waals surface area contributed by atoms with E-state index in [-0.39, 0.29) is 10.8 Å². The summed E-state index contributed by atoms with van der Waals surface area (Å²) < 4.78 is 1.01. The third-order valence-corrected chi connectivity index (χ3v) is 3.72. The summed E-state index contributed by atoms with van der Waals surface area (Å²) in [6.45, 7) is 9.37. The first kappa shape index (κ1) is 14.8. The highest BCUT2D eigenvalue weighted by Crippen LogP contribution is 2.26. The second-order valence-corrected chi connectivity index (χ2v) is 6.94. The zero-order valence-corrected chi connectivity index (χ0v) is 13.2. The summed E-state index contributed by atoms with van der Waals surface area (Å²) in [7, 11) is 0. The highest BCUT2D eigenvalue weighted by molar-refractivity contribution is 9.10. The molecule has 0 radical (unpaired) electrons. The van der Waals surface area contributed by atoms with E-state index in [1.807, 2.05) is 13.0 Å². The molecule has 4 heteroatoms. The van der Waals surface area contributed by atoms with Crippen LogP contribution >= 0.6 is 27.5 Å². The van der Waals surface area contributed by atoms with Crippen molar-refractivity contribution >= 4 is 33.3 Å². The van der Waals surface area contributed by atoms with E-state index >= 15 is 0 Å². The van der Waals surface area contributed by atoms with Crippen molar-refractivity contribution in [3.8, 4) is 0 Å². The number of aryl methyl sites for hydroxylation is 1. The van der Waals surface area contributed by atoms with E-state index in [2.05, 4.69) is 47.0 Å². The average molecular weight is 320 g/mol. The number of alkyl halides is 1. The molecule has 1 unspecified atom stereocenters. The molecule has 1 atom stereocenters. The van der Waals surface area contributed by atoms with Crippen molar-refractivity contribution in [3.63, 3.8) is 0 Å². The van der Waals surface area contributed by atoms with Gasteiger partial charge in [-0.05, 0) is 46.3 Å². The molecule has 0 amide bonds. The second-order valence-electron chi connectivity index (χ2n) is 5.53. The second kappa shape index (κ2) is 6.05. The molecule has 0 aromatic carbocycles. The molecular formula is C13H20BrClN2. The summed E-state index contributed by atoms with van der Waals surface area (Å²) in [6.07, 6.45) is 2.78. The van der Waals surface area contributed by atoms with Crippen molar-refractivity contribution in [1.82, 2.24) is 4.98 Å². The molecule has 96 valence electrons. The maximum absolute atomic E-state index is 6.30. The van der Waals surface area contributed by atoms with Gasteiger partial charge >= 0.3 is 0 Å². The zero-order chi connectivity index (χ0) is 13.1. The third kappa shape index (κ3) is 5.26. The Morgan fingerprint density at radius 3 is 2.71 bits per heavy atom. The Morgan fingerprint density at radius 2 is 2.12 bits per heavy atom. The van der Waals surface area contributed by atoms with Gasteiger partial charge in [-0.2, -0.15) is 0 Å². The molecule has 1 aromatic heterocycles. The molecule has 1 aromatic rings. The van der Waals surface area contributed by atoms with Gasteiger partial charge in [-0.1, -0.05) is 20.8 Å². The van der Waals surface area contributed by atoms with Crippen LogP contribution in [0.25, 0.3) is 0 Å². The van der Waals surface area contributed by atoms with Gasteiger partial charge in [0.1, 0.15) is 5.82 Å². The number of pyridine rings is 1. The fourth-order valence-electron chi connectivity index (χ4n) is 1.61. The summed E-state index contributed by atoms with van der Waals surface area (Å²) >= 11 is 9.83. The van der Waals surface area contributed by atoms with Crippen molar-refractivity contribution in [1.29, 1.82) is 0 Å². The Labute approximate surface area is 117 Å². The highest BCUT2D eigenvalue weighted by Gasteiger charge is 2.17. The van der Waals surface area contributed by atoms with Gasteiger partial charge in [0.15, 0.2) is 0 Å². The molecule has 0 saturated carbocycles. The Balaban J connectivity index is 2.53. The lowest BCUT2D eigenvalue weighted by atomic mass is 9.90.